The zero-order valence-corrected chi connectivity index (χ0v) is 8.28. The van der Waals surface area contributed by atoms with Gasteiger partial charge in [0, 0.05) is 4.90 Å². The van der Waals surface area contributed by atoms with Gasteiger partial charge in [0.25, 0.3) is 0 Å². The quantitative estimate of drug-likeness (QED) is 0.663. The summed E-state index contributed by atoms with van der Waals surface area (Å²) < 4.78 is 5.45. The highest BCUT2D eigenvalue weighted by Crippen LogP contribution is 2.28. The largest absolute Gasteiger partial charge is 0.493 e. The maximum atomic E-state index is 5.45. The van der Waals surface area contributed by atoms with Crippen molar-refractivity contribution in [1.29, 1.82) is 0 Å². The molecular formula is C10H13OS. The highest BCUT2D eigenvalue weighted by molar-refractivity contribution is 7.98. The molecule has 1 nitrogen and oxygen atoms in total. The molecule has 0 atom stereocenters. The normalized spacial score (nSPS) is 9.92. The molecule has 0 heterocycles. The Morgan fingerprint density at radius 3 is 2.83 bits per heavy atom. The zero-order valence-electron chi connectivity index (χ0n) is 7.46. The monoisotopic (exact) mass is 181 g/mol. The average molecular weight is 181 g/mol. The molecule has 0 aliphatic carbocycles. The number of ether oxygens (including phenoxy) is 1. The molecule has 0 fully saturated rings. The van der Waals surface area contributed by atoms with Crippen LogP contribution < -0.4 is 4.74 Å². The highest BCUT2D eigenvalue weighted by atomic mass is 32.2. The lowest BCUT2D eigenvalue weighted by atomic mass is 10.2. The molecule has 1 rings (SSSR count). The molecule has 1 radical (unpaired) electrons. The SMILES string of the molecule is [CH2]c1ccc(SC)c(OCC)c1. The van der Waals surface area contributed by atoms with Gasteiger partial charge in [-0.2, -0.15) is 0 Å². The van der Waals surface area contributed by atoms with E-state index in [0.29, 0.717) is 6.61 Å². The molecule has 2 heteroatoms. The molecule has 12 heavy (non-hydrogen) atoms. The van der Waals surface area contributed by atoms with Crippen molar-refractivity contribution in [3.05, 3.63) is 30.7 Å². The van der Waals surface area contributed by atoms with Crippen molar-refractivity contribution >= 4 is 11.8 Å². The molecule has 1 aromatic carbocycles. The summed E-state index contributed by atoms with van der Waals surface area (Å²) in [5.41, 5.74) is 0.997. The van der Waals surface area contributed by atoms with Crippen LogP contribution in [0.15, 0.2) is 23.1 Å². The smallest absolute Gasteiger partial charge is 0.133 e. The number of hydrogen-bond acceptors (Lipinski definition) is 2. The predicted molar refractivity (Wildman–Crippen MR) is 53.9 cm³/mol. The Hall–Kier alpha value is -0.630. The van der Waals surface area contributed by atoms with Gasteiger partial charge in [0.15, 0.2) is 0 Å². The molecule has 1 aromatic rings. The number of benzene rings is 1. The Bertz CT molecular complexity index is 258. The summed E-state index contributed by atoms with van der Waals surface area (Å²) in [5, 5.41) is 0. The summed E-state index contributed by atoms with van der Waals surface area (Å²) in [6.07, 6.45) is 2.04. The van der Waals surface area contributed by atoms with Crippen LogP contribution in [0.5, 0.6) is 5.75 Å². The molecule has 0 N–H and O–H groups in total. The van der Waals surface area contributed by atoms with E-state index in [1.54, 1.807) is 11.8 Å². The summed E-state index contributed by atoms with van der Waals surface area (Å²) in [6, 6.07) is 6.00. The van der Waals surface area contributed by atoms with Gasteiger partial charge in [-0.3, -0.25) is 0 Å². The van der Waals surface area contributed by atoms with Gasteiger partial charge in [0.2, 0.25) is 0 Å². The van der Waals surface area contributed by atoms with E-state index in [1.807, 2.05) is 31.4 Å². The third-order valence-corrected chi connectivity index (χ3v) is 2.30. The molecule has 0 amide bonds. The number of rotatable bonds is 3. The molecule has 65 valence electrons. The van der Waals surface area contributed by atoms with E-state index in [-0.39, 0.29) is 0 Å². The summed E-state index contributed by atoms with van der Waals surface area (Å²) >= 11 is 1.69. The van der Waals surface area contributed by atoms with Gasteiger partial charge < -0.3 is 4.74 Å². The van der Waals surface area contributed by atoms with Crippen molar-refractivity contribution in [2.24, 2.45) is 0 Å². The van der Waals surface area contributed by atoms with Gasteiger partial charge in [-0.15, -0.1) is 11.8 Å². The molecule has 0 aromatic heterocycles. The standard InChI is InChI=1S/C10H13OS/c1-4-11-9-7-8(2)5-6-10(9)12-3/h5-7H,2,4H2,1,3H3. The van der Waals surface area contributed by atoms with Crippen LogP contribution in [0.4, 0.5) is 0 Å². The van der Waals surface area contributed by atoms with Crippen LogP contribution in [0, 0.1) is 6.92 Å². The van der Waals surface area contributed by atoms with Crippen LogP contribution in [0.3, 0.4) is 0 Å². The molecule has 0 saturated carbocycles. The van der Waals surface area contributed by atoms with Crippen molar-refractivity contribution in [3.8, 4) is 5.75 Å². The minimum absolute atomic E-state index is 0.705. The Kier molecular flexibility index (Phi) is 3.48. The van der Waals surface area contributed by atoms with Crippen LogP contribution in [-0.4, -0.2) is 12.9 Å². The van der Waals surface area contributed by atoms with Gasteiger partial charge >= 0.3 is 0 Å². The molecular weight excluding hydrogens is 168 g/mol. The van der Waals surface area contributed by atoms with Crippen molar-refractivity contribution in [3.63, 3.8) is 0 Å². The van der Waals surface area contributed by atoms with E-state index >= 15 is 0 Å². The number of thioether (sulfide) groups is 1. The molecule has 0 saturated heterocycles. The lowest BCUT2D eigenvalue weighted by molar-refractivity contribution is 0.332. The summed E-state index contributed by atoms with van der Waals surface area (Å²) in [4.78, 5) is 1.17. The van der Waals surface area contributed by atoms with E-state index in [1.165, 1.54) is 4.90 Å². The first kappa shape index (κ1) is 9.46. The first-order valence-corrected chi connectivity index (χ1v) is 5.13. The highest BCUT2D eigenvalue weighted by Gasteiger charge is 2.00. The molecule has 0 aliphatic heterocycles. The van der Waals surface area contributed by atoms with E-state index in [2.05, 4.69) is 6.92 Å². The van der Waals surface area contributed by atoms with Crippen LogP contribution in [-0.2, 0) is 0 Å². The first-order valence-electron chi connectivity index (χ1n) is 3.90. The number of hydrogen-bond donors (Lipinski definition) is 0. The van der Waals surface area contributed by atoms with Gasteiger partial charge in [-0.05, 0) is 37.8 Å². The summed E-state index contributed by atoms with van der Waals surface area (Å²) in [7, 11) is 0. The van der Waals surface area contributed by atoms with Gasteiger partial charge in [0.1, 0.15) is 5.75 Å². The summed E-state index contributed by atoms with van der Waals surface area (Å²) in [5.74, 6) is 0.942. The first-order chi connectivity index (χ1) is 5.77. The van der Waals surface area contributed by atoms with Gasteiger partial charge in [-0.1, -0.05) is 6.07 Å². The Balaban J connectivity index is 2.95. The Labute approximate surface area is 78.1 Å². The minimum Gasteiger partial charge on any atom is -0.493 e. The van der Waals surface area contributed by atoms with E-state index < -0.39 is 0 Å². The second-order valence-electron chi connectivity index (χ2n) is 2.42. The lowest BCUT2D eigenvalue weighted by Gasteiger charge is -2.08. The molecule has 0 bridgehead atoms. The second-order valence-corrected chi connectivity index (χ2v) is 3.27. The Morgan fingerprint density at radius 2 is 2.25 bits per heavy atom. The van der Waals surface area contributed by atoms with Crippen molar-refractivity contribution in [1.82, 2.24) is 0 Å². The molecule has 0 spiro atoms. The van der Waals surface area contributed by atoms with E-state index in [4.69, 9.17) is 4.74 Å². The van der Waals surface area contributed by atoms with Crippen molar-refractivity contribution < 1.29 is 4.74 Å². The van der Waals surface area contributed by atoms with E-state index in [9.17, 15) is 0 Å². The molecule has 0 unspecified atom stereocenters. The van der Waals surface area contributed by atoms with Crippen LogP contribution >= 0.6 is 11.8 Å². The maximum absolute atomic E-state index is 5.45. The third kappa shape index (κ3) is 2.18. The topological polar surface area (TPSA) is 9.23 Å². The van der Waals surface area contributed by atoms with Crippen molar-refractivity contribution in [2.45, 2.75) is 11.8 Å². The zero-order chi connectivity index (χ0) is 8.97. The fraction of sp³-hybridized carbons (Fsp3) is 0.300. The fourth-order valence-corrected chi connectivity index (χ4v) is 1.51. The average Bonchev–Trinajstić information content (AvgIpc) is 2.05. The van der Waals surface area contributed by atoms with Gasteiger partial charge in [0.05, 0.1) is 6.61 Å². The lowest BCUT2D eigenvalue weighted by Crippen LogP contribution is -1.93. The predicted octanol–water partition coefficient (Wildman–Crippen LogP) is 2.99. The fourth-order valence-electron chi connectivity index (χ4n) is 0.989. The third-order valence-electron chi connectivity index (χ3n) is 1.53. The second kappa shape index (κ2) is 4.41. The summed E-state index contributed by atoms with van der Waals surface area (Å²) in [6.45, 7) is 6.54. The van der Waals surface area contributed by atoms with Gasteiger partial charge in [-0.25, -0.2) is 0 Å². The van der Waals surface area contributed by atoms with E-state index in [0.717, 1.165) is 11.3 Å². The minimum atomic E-state index is 0.705. The molecule has 0 aliphatic rings. The van der Waals surface area contributed by atoms with Crippen LogP contribution in [0.25, 0.3) is 0 Å². The Morgan fingerprint density at radius 1 is 1.50 bits per heavy atom. The maximum Gasteiger partial charge on any atom is 0.133 e. The van der Waals surface area contributed by atoms with Crippen molar-refractivity contribution in [2.75, 3.05) is 12.9 Å². The van der Waals surface area contributed by atoms with Crippen LogP contribution in [0.1, 0.15) is 12.5 Å². The van der Waals surface area contributed by atoms with Crippen LogP contribution in [0.2, 0.25) is 0 Å².